The van der Waals surface area contributed by atoms with Crippen LogP contribution >= 0.6 is 0 Å². The third-order valence-electron chi connectivity index (χ3n) is 5.17. The molecule has 0 aliphatic carbocycles. The van der Waals surface area contributed by atoms with Crippen LogP contribution in [0.15, 0.2) is 11.0 Å². The van der Waals surface area contributed by atoms with Gasteiger partial charge in [-0.3, -0.25) is 4.79 Å². The number of amides is 1. The number of nitrogens with zero attached hydrogens (tertiary/aromatic N) is 2. The molecule has 0 radical (unpaired) electrons. The van der Waals surface area contributed by atoms with E-state index < -0.39 is 10.0 Å². The van der Waals surface area contributed by atoms with E-state index in [0.717, 1.165) is 45.2 Å². The maximum atomic E-state index is 12.7. The number of likely N-dealkylation sites (tertiary alicyclic amines) is 1. The fourth-order valence-electron chi connectivity index (χ4n) is 3.49. The molecule has 2 aliphatic rings. The number of carbonyl (C=O) groups excluding carboxylic acids is 1. The number of carbonyl (C=O) groups is 1. The second kappa shape index (κ2) is 7.47. The van der Waals surface area contributed by atoms with E-state index in [2.05, 4.69) is 4.72 Å². The zero-order valence-corrected chi connectivity index (χ0v) is 15.8. The maximum absolute atomic E-state index is 12.7. The Bertz CT molecular complexity index is 729. The molecule has 3 rings (SSSR count). The highest BCUT2D eigenvalue weighted by Crippen LogP contribution is 2.22. The highest BCUT2D eigenvalue weighted by molar-refractivity contribution is 7.89. The lowest BCUT2D eigenvalue weighted by atomic mass is 10.1. The lowest BCUT2D eigenvalue weighted by molar-refractivity contribution is 0.0714. The van der Waals surface area contributed by atoms with Crippen molar-refractivity contribution in [3.05, 3.63) is 17.5 Å². The Morgan fingerprint density at radius 2 is 2.00 bits per heavy atom. The Hall–Kier alpha value is -1.38. The average molecular weight is 369 g/mol. The molecule has 1 aromatic heterocycles. The van der Waals surface area contributed by atoms with Crippen LogP contribution in [0.2, 0.25) is 0 Å². The van der Waals surface area contributed by atoms with Crippen molar-refractivity contribution in [2.24, 2.45) is 7.05 Å². The highest BCUT2D eigenvalue weighted by Gasteiger charge is 2.28. The molecular formula is C17H27N3O4S. The van der Waals surface area contributed by atoms with Gasteiger partial charge in [-0.2, -0.15) is 0 Å². The summed E-state index contributed by atoms with van der Waals surface area (Å²) in [6.07, 6.45) is 4.92. The number of ether oxygens (including phenoxy) is 1. The topological polar surface area (TPSA) is 80.6 Å². The monoisotopic (exact) mass is 369 g/mol. The summed E-state index contributed by atoms with van der Waals surface area (Å²) in [5.74, 6) is -0.0918. The van der Waals surface area contributed by atoms with Gasteiger partial charge in [-0.05, 0) is 45.1 Å². The molecule has 25 heavy (non-hydrogen) atoms. The standard InChI is InChI=1S/C17H27N3O4S/c1-13-16(25(22,23)18-12-14-7-6-10-24-14)11-15(19(13)2)17(21)20-8-4-3-5-9-20/h11,14,18H,3-10,12H2,1-2H3/t14-/m1/s1. The van der Waals surface area contributed by atoms with Crippen molar-refractivity contribution in [2.45, 2.75) is 50.0 Å². The van der Waals surface area contributed by atoms with Crippen LogP contribution in [0.3, 0.4) is 0 Å². The van der Waals surface area contributed by atoms with Crippen LogP contribution in [0.1, 0.15) is 48.3 Å². The molecule has 0 unspecified atom stereocenters. The first kappa shape index (κ1) is 18.4. The number of rotatable bonds is 5. The first-order valence-corrected chi connectivity index (χ1v) is 10.5. The number of piperidine rings is 1. The zero-order chi connectivity index (χ0) is 18.0. The van der Waals surface area contributed by atoms with Gasteiger partial charge in [0.25, 0.3) is 5.91 Å². The molecule has 1 amide bonds. The number of hydrogen-bond donors (Lipinski definition) is 1. The molecule has 0 aromatic carbocycles. The Morgan fingerprint density at radius 1 is 1.28 bits per heavy atom. The predicted octanol–water partition coefficient (Wildman–Crippen LogP) is 1.42. The van der Waals surface area contributed by atoms with E-state index in [0.29, 0.717) is 18.0 Å². The van der Waals surface area contributed by atoms with Crippen LogP contribution in [-0.4, -0.2) is 56.1 Å². The van der Waals surface area contributed by atoms with Crippen LogP contribution in [0.5, 0.6) is 0 Å². The van der Waals surface area contributed by atoms with Crippen LogP contribution in [-0.2, 0) is 21.8 Å². The van der Waals surface area contributed by atoms with Crippen molar-refractivity contribution in [3.8, 4) is 0 Å². The average Bonchev–Trinajstić information content (AvgIpc) is 3.23. The first-order chi connectivity index (χ1) is 11.9. The molecule has 1 N–H and O–H groups in total. The summed E-state index contributed by atoms with van der Waals surface area (Å²) in [5, 5.41) is 0. The van der Waals surface area contributed by atoms with E-state index in [-0.39, 0.29) is 23.5 Å². The van der Waals surface area contributed by atoms with Gasteiger partial charge in [0.15, 0.2) is 0 Å². The quantitative estimate of drug-likeness (QED) is 0.851. The third-order valence-corrected chi connectivity index (χ3v) is 6.70. The normalized spacial score (nSPS) is 21.7. The Kier molecular flexibility index (Phi) is 5.50. The molecule has 2 aliphatic heterocycles. The summed E-state index contributed by atoms with van der Waals surface area (Å²) >= 11 is 0. The van der Waals surface area contributed by atoms with Crippen molar-refractivity contribution in [2.75, 3.05) is 26.2 Å². The minimum atomic E-state index is -3.67. The van der Waals surface area contributed by atoms with Gasteiger partial charge >= 0.3 is 0 Å². The molecule has 7 nitrogen and oxygen atoms in total. The van der Waals surface area contributed by atoms with Gasteiger partial charge in [-0.25, -0.2) is 13.1 Å². The summed E-state index contributed by atoms with van der Waals surface area (Å²) < 4.78 is 35.1. The predicted molar refractivity (Wildman–Crippen MR) is 94.1 cm³/mol. The molecule has 0 spiro atoms. The summed E-state index contributed by atoms with van der Waals surface area (Å²) in [4.78, 5) is 14.7. The largest absolute Gasteiger partial charge is 0.377 e. The van der Waals surface area contributed by atoms with Gasteiger partial charge in [-0.15, -0.1) is 0 Å². The van der Waals surface area contributed by atoms with E-state index in [4.69, 9.17) is 4.74 Å². The van der Waals surface area contributed by atoms with Gasteiger partial charge in [0.05, 0.1) is 6.10 Å². The molecular weight excluding hydrogens is 342 g/mol. The number of sulfonamides is 1. The smallest absolute Gasteiger partial charge is 0.270 e. The Labute approximate surface area is 149 Å². The molecule has 1 aromatic rings. The second-order valence-corrected chi connectivity index (χ2v) is 8.61. The molecule has 8 heteroatoms. The number of hydrogen-bond acceptors (Lipinski definition) is 4. The minimum absolute atomic E-state index is 0.0618. The van der Waals surface area contributed by atoms with Gasteiger partial charge in [0.1, 0.15) is 10.6 Å². The maximum Gasteiger partial charge on any atom is 0.270 e. The van der Waals surface area contributed by atoms with E-state index in [1.54, 1.807) is 18.5 Å². The lowest BCUT2D eigenvalue weighted by Crippen LogP contribution is -2.36. The second-order valence-electron chi connectivity index (χ2n) is 6.88. The fraction of sp³-hybridized carbons (Fsp3) is 0.706. The minimum Gasteiger partial charge on any atom is -0.377 e. The summed E-state index contributed by atoms with van der Waals surface area (Å²) in [7, 11) is -1.92. The highest BCUT2D eigenvalue weighted by atomic mass is 32.2. The van der Waals surface area contributed by atoms with Crippen molar-refractivity contribution < 1.29 is 17.9 Å². The van der Waals surface area contributed by atoms with Crippen molar-refractivity contribution in [1.29, 1.82) is 0 Å². The fourth-order valence-corrected chi connectivity index (χ4v) is 4.85. The van der Waals surface area contributed by atoms with Gasteiger partial charge < -0.3 is 14.2 Å². The summed E-state index contributed by atoms with van der Waals surface area (Å²) in [6.45, 7) is 4.16. The molecule has 140 valence electrons. The molecule has 0 bridgehead atoms. The third kappa shape index (κ3) is 3.91. The summed E-state index contributed by atoms with van der Waals surface area (Å²) in [5.41, 5.74) is 0.997. The van der Waals surface area contributed by atoms with Crippen LogP contribution in [0.4, 0.5) is 0 Å². The summed E-state index contributed by atoms with van der Waals surface area (Å²) in [6, 6.07) is 1.50. The SMILES string of the molecule is Cc1c(S(=O)(=O)NC[C@H]2CCCO2)cc(C(=O)N2CCCCC2)n1C. The van der Waals surface area contributed by atoms with E-state index in [9.17, 15) is 13.2 Å². The molecule has 2 fully saturated rings. The molecule has 2 saturated heterocycles. The Morgan fingerprint density at radius 3 is 2.64 bits per heavy atom. The lowest BCUT2D eigenvalue weighted by Gasteiger charge is -2.26. The molecule has 0 saturated carbocycles. The van der Waals surface area contributed by atoms with Crippen molar-refractivity contribution in [3.63, 3.8) is 0 Å². The van der Waals surface area contributed by atoms with Crippen molar-refractivity contribution in [1.82, 2.24) is 14.2 Å². The molecule has 3 heterocycles. The molecule has 1 atom stereocenters. The first-order valence-electron chi connectivity index (χ1n) is 8.97. The van der Waals surface area contributed by atoms with E-state index >= 15 is 0 Å². The van der Waals surface area contributed by atoms with Crippen LogP contribution < -0.4 is 4.72 Å². The van der Waals surface area contributed by atoms with E-state index in [1.807, 2.05) is 4.90 Å². The van der Waals surface area contributed by atoms with Gasteiger partial charge in [0, 0.05) is 39.0 Å². The van der Waals surface area contributed by atoms with Crippen LogP contribution in [0.25, 0.3) is 0 Å². The van der Waals surface area contributed by atoms with Gasteiger partial charge in [0.2, 0.25) is 10.0 Å². The van der Waals surface area contributed by atoms with E-state index in [1.165, 1.54) is 6.07 Å². The Balaban J connectivity index is 1.78. The number of nitrogens with one attached hydrogen (secondary N) is 1. The number of aromatic nitrogens is 1. The van der Waals surface area contributed by atoms with Crippen molar-refractivity contribution >= 4 is 15.9 Å². The zero-order valence-electron chi connectivity index (χ0n) is 15.0. The van der Waals surface area contributed by atoms with Crippen LogP contribution in [0, 0.1) is 6.92 Å². The van der Waals surface area contributed by atoms with Gasteiger partial charge in [-0.1, -0.05) is 0 Å².